The molecule has 0 spiro atoms. The van der Waals surface area contributed by atoms with Crippen LogP contribution in [0.5, 0.6) is 17.6 Å². The Morgan fingerprint density at radius 2 is 2.10 bits per heavy atom. The van der Waals surface area contributed by atoms with Gasteiger partial charge >= 0.3 is 11.7 Å². The van der Waals surface area contributed by atoms with E-state index in [1.807, 2.05) is 0 Å². The Morgan fingerprint density at radius 1 is 1.29 bits per heavy atom. The number of imidazole rings is 1. The van der Waals surface area contributed by atoms with Crippen molar-refractivity contribution < 1.29 is 9.84 Å². The summed E-state index contributed by atoms with van der Waals surface area (Å²) in [6, 6.07) is 9.46. The Kier molecular flexibility index (Phi) is 4.44. The van der Waals surface area contributed by atoms with E-state index >= 15 is 0 Å². The zero-order valence-corrected chi connectivity index (χ0v) is 16.1. The zero-order valence-electron chi connectivity index (χ0n) is 16.1. The fourth-order valence-electron chi connectivity index (χ4n) is 2.98. The molecule has 1 fully saturated rings. The summed E-state index contributed by atoms with van der Waals surface area (Å²) >= 11 is 0. The van der Waals surface area contributed by atoms with Crippen LogP contribution in [-0.4, -0.2) is 40.7 Å². The maximum absolute atomic E-state index is 11.4. The highest BCUT2D eigenvalue weighted by Crippen LogP contribution is 2.22. The average molecular weight is 416 g/mol. The molecule has 31 heavy (non-hydrogen) atoms. The molecular formula is C20H16N8O3. The predicted molar refractivity (Wildman–Crippen MR) is 107 cm³/mol. The van der Waals surface area contributed by atoms with Crippen LogP contribution in [0.3, 0.4) is 0 Å². The van der Waals surface area contributed by atoms with Crippen LogP contribution in [0.4, 0.5) is 0 Å². The van der Waals surface area contributed by atoms with Crippen LogP contribution >= 0.6 is 0 Å². The number of hydrogen-bond acceptors (Lipinski definition) is 8. The highest BCUT2D eigenvalue weighted by molar-refractivity contribution is 5.56. The second-order valence-electron chi connectivity index (χ2n) is 7.07. The van der Waals surface area contributed by atoms with Crippen LogP contribution in [0, 0.1) is 11.3 Å². The summed E-state index contributed by atoms with van der Waals surface area (Å²) in [5.41, 5.74) is 1.32. The Hall–Kier alpha value is -4.46. The number of hydrogen-bond donors (Lipinski definition) is 3. The lowest BCUT2D eigenvalue weighted by molar-refractivity contribution is 0.435. The molecule has 154 valence electrons. The molecule has 3 N–H and O–H groups in total. The number of aromatic hydroxyl groups is 1. The van der Waals surface area contributed by atoms with Gasteiger partial charge in [-0.25, -0.2) is 9.79 Å². The summed E-state index contributed by atoms with van der Waals surface area (Å²) in [5.74, 6) is 0.233. The van der Waals surface area contributed by atoms with E-state index in [1.165, 1.54) is 4.52 Å². The highest BCUT2D eigenvalue weighted by atomic mass is 16.5. The van der Waals surface area contributed by atoms with Crippen LogP contribution in [0.2, 0.25) is 0 Å². The molecular weight excluding hydrogens is 400 g/mol. The van der Waals surface area contributed by atoms with Gasteiger partial charge in [-0.05, 0) is 36.6 Å². The maximum atomic E-state index is 11.4. The summed E-state index contributed by atoms with van der Waals surface area (Å²) < 4.78 is 7.33. The van der Waals surface area contributed by atoms with Crippen LogP contribution < -0.4 is 21.3 Å². The Labute approximate surface area is 174 Å². The lowest BCUT2D eigenvalue weighted by atomic mass is 10.2. The number of nitriles is 1. The number of aromatic nitrogens is 6. The van der Waals surface area contributed by atoms with E-state index in [4.69, 9.17) is 10.00 Å². The molecule has 0 bridgehead atoms. The third-order valence-electron chi connectivity index (χ3n) is 4.65. The normalized spacial score (nSPS) is 14.8. The molecule has 1 aliphatic rings. The minimum atomic E-state index is -0.525. The van der Waals surface area contributed by atoms with Gasteiger partial charge in [-0.1, -0.05) is 12.1 Å². The molecule has 0 unspecified atom stereocenters. The largest absolute Gasteiger partial charge is 0.493 e. The van der Waals surface area contributed by atoms with Gasteiger partial charge < -0.3 is 14.8 Å². The first-order valence-electron chi connectivity index (χ1n) is 9.55. The number of nitrogens with one attached hydrogen (secondary N) is 2. The van der Waals surface area contributed by atoms with Crippen LogP contribution in [-0.2, 0) is 6.42 Å². The molecule has 3 heterocycles. The molecule has 0 atom stereocenters. The van der Waals surface area contributed by atoms with Gasteiger partial charge in [0.1, 0.15) is 11.4 Å². The van der Waals surface area contributed by atoms with Gasteiger partial charge in [0.25, 0.3) is 5.62 Å². The van der Waals surface area contributed by atoms with E-state index in [9.17, 15) is 9.90 Å². The SMILES string of the molecule is N#CCc1ccc(Oc2nc(=NC3CC3)n3nc/c(=C\c4[nH]c(=O)[nH]c4O)c3n2)cc1. The van der Waals surface area contributed by atoms with E-state index in [0.29, 0.717) is 28.7 Å². The summed E-state index contributed by atoms with van der Waals surface area (Å²) in [7, 11) is 0. The van der Waals surface area contributed by atoms with Gasteiger partial charge in [0.15, 0.2) is 5.65 Å². The van der Waals surface area contributed by atoms with E-state index in [1.54, 1.807) is 36.5 Å². The molecule has 11 heteroatoms. The quantitative estimate of drug-likeness (QED) is 0.422. The second kappa shape index (κ2) is 7.42. The van der Waals surface area contributed by atoms with Crippen molar-refractivity contribution in [2.45, 2.75) is 25.3 Å². The number of fused-ring (bicyclic) bond motifs is 1. The van der Waals surface area contributed by atoms with E-state index in [0.717, 1.165) is 18.4 Å². The third-order valence-corrected chi connectivity index (χ3v) is 4.65. The van der Waals surface area contributed by atoms with Crippen molar-refractivity contribution in [3.05, 3.63) is 63.0 Å². The Morgan fingerprint density at radius 3 is 2.77 bits per heavy atom. The van der Waals surface area contributed by atoms with E-state index in [2.05, 4.69) is 36.1 Å². The monoisotopic (exact) mass is 416 g/mol. The number of benzene rings is 1. The van der Waals surface area contributed by atoms with Gasteiger partial charge in [-0.3, -0.25) is 4.98 Å². The predicted octanol–water partition coefficient (Wildman–Crippen LogP) is 0.315. The molecule has 1 saturated carbocycles. The molecule has 0 radical (unpaired) electrons. The van der Waals surface area contributed by atoms with Crippen molar-refractivity contribution >= 4 is 11.7 Å². The summed E-state index contributed by atoms with van der Waals surface area (Å²) in [4.78, 5) is 29.6. The van der Waals surface area contributed by atoms with Crippen LogP contribution in [0.25, 0.3) is 11.7 Å². The third kappa shape index (κ3) is 3.86. The standard InChI is InChI=1S/C20H16N8O3/c21-8-7-11-1-5-14(6-2-11)31-20-25-16-12(9-15-17(29)26-19(30)24-15)10-22-28(16)18(27-20)23-13-3-4-13/h1-2,5-6,9-10,13,29H,3-4,7H2,(H2,24,26,30)/b12-9+,23-18?. The first-order chi connectivity index (χ1) is 15.1. The number of ether oxygens (including phenoxy) is 1. The fraction of sp³-hybridized carbons (Fsp3) is 0.200. The number of nitrogens with zero attached hydrogens (tertiary/aromatic N) is 6. The summed E-state index contributed by atoms with van der Waals surface area (Å²) in [6.45, 7) is 0. The highest BCUT2D eigenvalue weighted by Gasteiger charge is 2.21. The maximum Gasteiger partial charge on any atom is 0.327 e. The second-order valence-corrected chi connectivity index (χ2v) is 7.07. The number of H-pyrrole nitrogens is 2. The molecule has 11 nitrogen and oxygen atoms in total. The Bertz CT molecular complexity index is 1490. The van der Waals surface area contributed by atoms with Gasteiger partial charge in [0.2, 0.25) is 5.88 Å². The van der Waals surface area contributed by atoms with Gasteiger partial charge in [0, 0.05) is 5.22 Å². The molecule has 1 aliphatic carbocycles. The van der Waals surface area contributed by atoms with Crippen LogP contribution in [0.15, 0.2) is 40.2 Å². The van der Waals surface area contributed by atoms with Gasteiger partial charge in [-0.2, -0.15) is 24.8 Å². The van der Waals surface area contributed by atoms with Crippen molar-refractivity contribution in [3.63, 3.8) is 0 Å². The lowest BCUT2D eigenvalue weighted by Crippen LogP contribution is -2.23. The lowest BCUT2D eigenvalue weighted by Gasteiger charge is -2.05. The summed E-state index contributed by atoms with van der Waals surface area (Å²) in [6.07, 6.45) is 5.38. The van der Waals surface area contributed by atoms with Gasteiger partial charge in [-0.15, -0.1) is 0 Å². The van der Waals surface area contributed by atoms with Crippen molar-refractivity contribution in [1.29, 1.82) is 5.26 Å². The topological polar surface area (TPSA) is 157 Å². The fourth-order valence-corrected chi connectivity index (χ4v) is 2.98. The Balaban J connectivity index is 1.61. The minimum absolute atomic E-state index is 0.0851. The molecule has 1 aromatic carbocycles. The zero-order chi connectivity index (χ0) is 21.4. The molecule has 0 amide bonds. The first-order valence-corrected chi connectivity index (χ1v) is 9.55. The smallest absolute Gasteiger partial charge is 0.327 e. The van der Waals surface area contributed by atoms with Gasteiger partial charge in [0.05, 0.1) is 24.7 Å². The number of aromatic amines is 2. The first kappa shape index (κ1) is 18.6. The van der Waals surface area contributed by atoms with Crippen molar-refractivity contribution in [2.75, 3.05) is 0 Å². The average Bonchev–Trinajstić information content (AvgIpc) is 3.38. The molecule has 0 saturated heterocycles. The van der Waals surface area contributed by atoms with E-state index in [-0.39, 0.29) is 23.6 Å². The minimum Gasteiger partial charge on any atom is -0.493 e. The van der Waals surface area contributed by atoms with Crippen LogP contribution in [0.1, 0.15) is 24.1 Å². The van der Waals surface area contributed by atoms with E-state index < -0.39 is 5.69 Å². The molecule has 4 aromatic rings. The van der Waals surface area contributed by atoms with Crippen molar-refractivity contribution in [3.8, 4) is 23.7 Å². The molecule has 0 aliphatic heterocycles. The number of rotatable bonds is 5. The molecule has 3 aromatic heterocycles. The molecule has 5 rings (SSSR count). The summed E-state index contributed by atoms with van der Waals surface area (Å²) in [5, 5.41) is 23.5. The van der Waals surface area contributed by atoms with Crippen molar-refractivity contribution in [1.82, 2.24) is 29.5 Å². The van der Waals surface area contributed by atoms with Crippen molar-refractivity contribution in [2.24, 2.45) is 4.99 Å².